The topological polar surface area (TPSA) is 79.9 Å². The van der Waals surface area contributed by atoms with E-state index in [0.717, 1.165) is 30.4 Å². The van der Waals surface area contributed by atoms with Crippen LogP contribution in [0.3, 0.4) is 0 Å². The highest BCUT2D eigenvalue weighted by molar-refractivity contribution is 6.31. The summed E-state index contributed by atoms with van der Waals surface area (Å²) in [7, 11) is 0. The average Bonchev–Trinajstić information content (AvgIpc) is 3.16. The number of halogens is 1. The van der Waals surface area contributed by atoms with Crippen LogP contribution in [0.1, 0.15) is 23.2 Å². The first-order chi connectivity index (χ1) is 12.2. The van der Waals surface area contributed by atoms with Gasteiger partial charge in [0.2, 0.25) is 0 Å². The Balaban J connectivity index is 1.76. The Hall–Kier alpha value is -2.44. The average molecular weight is 357 g/mol. The fourth-order valence-electron chi connectivity index (χ4n) is 3.04. The SMILES string of the molecule is O=C(N[C@H]1CCCOC1)c1cc(-c2cn[nH]c2)nc2ccc(Cl)cc12. The van der Waals surface area contributed by atoms with Crippen molar-refractivity contribution >= 4 is 28.4 Å². The minimum atomic E-state index is -0.144. The van der Waals surface area contributed by atoms with E-state index in [1.807, 2.05) is 6.07 Å². The number of hydrogen-bond acceptors (Lipinski definition) is 4. The van der Waals surface area contributed by atoms with Crippen molar-refractivity contribution in [2.45, 2.75) is 18.9 Å². The van der Waals surface area contributed by atoms with Crippen molar-refractivity contribution in [1.29, 1.82) is 0 Å². The molecule has 0 unspecified atom stereocenters. The molecule has 0 spiro atoms. The molecule has 25 heavy (non-hydrogen) atoms. The third-order valence-corrected chi connectivity index (χ3v) is 4.54. The zero-order valence-electron chi connectivity index (χ0n) is 13.5. The molecule has 128 valence electrons. The number of carbonyl (C=O) groups is 1. The molecule has 2 aromatic heterocycles. The number of pyridine rings is 1. The molecule has 1 fully saturated rings. The molecule has 0 bridgehead atoms. The van der Waals surface area contributed by atoms with Gasteiger partial charge in [-0.1, -0.05) is 11.6 Å². The molecule has 3 aromatic rings. The van der Waals surface area contributed by atoms with E-state index < -0.39 is 0 Å². The minimum absolute atomic E-state index is 0.0287. The summed E-state index contributed by atoms with van der Waals surface area (Å²) >= 11 is 6.13. The van der Waals surface area contributed by atoms with Gasteiger partial charge in [-0.05, 0) is 37.1 Å². The third kappa shape index (κ3) is 3.36. The number of ether oxygens (including phenoxy) is 1. The number of fused-ring (bicyclic) bond motifs is 1. The number of nitrogens with one attached hydrogen (secondary N) is 2. The summed E-state index contributed by atoms with van der Waals surface area (Å²) < 4.78 is 5.45. The maximum Gasteiger partial charge on any atom is 0.252 e. The number of benzene rings is 1. The Morgan fingerprint density at radius 1 is 1.36 bits per heavy atom. The van der Waals surface area contributed by atoms with Crippen molar-refractivity contribution in [2.75, 3.05) is 13.2 Å². The molecule has 1 aliphatic rings. The predicted octanol–water partition coefficient (Wildman–Crippen LogP) is 3.19. The van der Waals surface area contributed by atoms with Gasteiger partial charge >= 0.3 is 0 Å². The third-order valence-electron chi connectivity index (χ3n) is 4.30. The lowest BCUT2D eigenvalue weighted by atomic mass is 10.0. The van der Waals surface area contributed by atoms with Gasteiger partial charge in [-0.2, -0.15) is 5.10 Å². The molecule has 1 atom stereocenters. The number of aromatic nitrogens is 3. The summed E-state index contributed by atoms with van der Waals surface area (Å²) in [5, 5.41) is 11.1. The summed E-state index contributed by atoms with van der Waals surface area (Å²) in [6, 6.07) is 7.17. The Bertz CT molecular complexity index is 905. The molecule has 1 saturated heterocycles. The molecular weight excluding hydrogens is 340 g/mol. The van der Waals surface area contributed by atoms with Crippen LogP contribution in [0.2, 0.25) is 5.02 Å². The Morgan fingerprint density at radius 2 is 2.28 bits per heavy atom. The van der Waals surface area contributed by atoms with Crippen molar-refractivity contribution in [2.24, 2.45) is 0 Å². The normalized spacial score (nSPS) is 17.6. The van der Waals surface area contributed by atoms with E-state index in [1.54, 1.807) is 30.6 Å². The molecule has 1 amide bonds. The molecule has 7 heteroatoms. The second-order valence-corrected chi connectivity index (χ2v) is 6.53. The number of hydrogen-bond donors (Lipinski definition) is 2. The maximum atomic E-state index is 12.9. The van der Waals surface area contributed by atoms with Gasteiger partial charge in [0.1, 0.15) is 0 Å². The summed E-state index contributed by atoms with van der Waals surface area (Å²) in [5.41, 5.74) is 2.78. The van der Waals surface area contributed by atoms with Crippen LogP contribution in [0.25, 0.3) is 22.2 Å². The van der Waals surface area contributed by atoms with Gasteiger partial charge in [0.05, 0.1) is 35.6 Å². The van der Waals surface area contributed by atoms with E-state index in [0.29, 0.717) is 28.4 Å². The molecule has 1 aliphatic heterocycles. The highest BCUT2D eigenvalue weighted by Gasteiger charge is 2.20. The van der Waals surface area contributed by atoms with E-state index in [1.165, 1.54) is 0 Å². The van der Waals surface area contributed by atoms with E-state index in [-0.39, 0.29) is 11.9 Å². The van der Waals surface area contributed by atoms with Gasteiger partial charge in [0, 0.05) is 28.8 Å². The van der Waals surface area contributed by atoms with Crippen LogP contribution in [0.4, 0.5) is 0 Å². The maximum absolute atomic E-state index is 12.9. The largest absolute Gasteiger partial charge is 0.379 e. The van der Waals surface area contributed by atoms with E-state index in [2.05, 4.69) is 20.5 Å². The zero-order valence-corrected chi connectivity index (χ0v) is 14.2. The fraction of sp³-hybridized carbons (Fsp3) is 0.278. The molecule has 0 saturated carbocycles. The van der Waals surface area contributed by atoms with Crippen LogP contribution in [-0.4, -0.2) is 40.3 Å². The second kappa shape index (κ2) is 6.82. The highest BCUT2D eigenvalue weighted by atomic mass is 35.5. The molecule has 6 nitrogen and oxygen atoms in total. The molecule has 2 N–H and O–H groups in total. The first kappa shape index (κ1) is 16.1. The monoisotopic (exact) mass is 356 g/mol. The lowest BCUT2D eigenvalue weighted by Crippen LogP contribution is -2.40. The molecule has 1 aromatic carbocycles. The number of carbonyl (C=O) groups excluding carboxylic acids is 1. The number of aromatic amines is 1. The summed E-state index contributed by atoms with van der Waals surface area (Å²) in [5.74, 6) is -0.144. The van der Waals surface area contributed by atoms with Gasteiger partial charge in [0.15, 0.2) is 0 Å². The van der Waals surface area contributed by atoms with Gasteiger partial charge in [-0.15, -0.1) is 0 Å². The lowest BCUT2D eigenvalue weighted by Gasteiger charge is -2.23. The van der Waals surface area contributed by atoms with E-state index in [9.17, 15) is 4.79 Å². The quantitative estimate of drug-likeness (QED) is 0.755. The summed E-state index contributed by atoms with van der Waals surface area (Å²) in [6.07, 6.45) is 5.31. The zero-order chi connectivity index (χ0) is 17.2. The number of nitrogens with zero attached hydrogens (tertiary/aromatic N) is 2. The van der Waals surface area contributed by atoms with Gasteiger partial charge < -0.3 is 10.1 Å². The van der Waals surface area contributed by atoms with E-state index >= 15 is 0 Å². The fourth-order valence-corrected chi connectivity index (χ4v) is 3.21. The molecule has 0 radical (unpaired) electrons. The smallest absolute Gasteiger partial charge is 0.252 e. The van der Waals surface area contributed by atoms with Gasteiger partial charge in [0.25, 0.3) is 5.91 Å². The summed E-state index contributed by atoms with van der Waals surface area (Å²) in [6.45, 7) is 1.30. The second-order valence-electron chi connectivity index (χ2n) is 6.09. The number of amides is 1. The van der Waals surface area contributed by atoms with Crippen molar-refractivity contribution in [3.63, 3.8) is 0 Å². The van der Waals surface area contributed by atoms with Gasteiger partial charge in [-0.3, -0.25) is 9.89 Å². The van der Waals surface area contributed by atoms with Crippen LogP contribution in [0.15, 0.2) is 36.7 Å². The Morgan fingerprint density at radius 3 is 3.04 bits per heavy atom. The number of H-pyrrole nitrogens is 1. The molecule has 3 heterocycles. The van der Waals surface area contributed by atoms with Crippen LogP contribution in [0.5, 0.6) is 0 Å². The van der Waals surface area contributed by atoms with E-state index in [4.69, 9.17) is 16.3 Å². The van der Waals surface area contributed by atoms with Gasteiger partial charge in [-0.25, -0.2) is 4.98 Å². The van der Waals surface area contributed by atoms with Crippen molar-refractivity contribution < 1.29 is 9.53 Å². The standard InChI is InChI=1S/C18H17ClN4O2/c19-12-3-4-16-14(6-12)15(7-17(23-16)11-8-20-21-9-11)18(24)22-13-2-1-5-25-10-13/h3-4,6-9,13H,1-2,5,10H2,(H,20,21)(H,22,24)/t13-/m0/s1. The Kier molecular flexibility index (Phi) is 4.38. The molecule has 4 rings (SSSR count). The van der Waals surface area contributed by atoms with Crippen LogP contribution < -0.4 is 5.32 Å². The van der Waals surface area contributed by atoms with Crippen molar-refractivity contribution in [3.8, 4) is 11.3 Å². The van der Waals surface area contributed by atoms with Crippen LogP contribution in [0, 0.1) is 0 Å². The summed E-state index contributed by atoms with van der Waals surface area (Å²) in [4.78, 5) is 17.5. The first-order valence-electron chi connectivity index (χ1n) is 8.19. The molecular formula is C18H17ClN4O2. The van der Waals surface area contributed by atoms with Crippen molar-refractivity contribution in [1.82, 2.24) is 20.5 Å². The molecule has 0 aliphatic carbocycles. The van der Waals surface area contributed by atoms with Crippen LogP contribution in [-0.2, 0) is 4.74 Å². The lowest BCUT2D eigenvalue weighted by molar-refractivity contribution is 0.0625. The minimum Gasteiger partial charge on any atom is -0.379 e. The van der Waals surface area contributed by atoms with Crippen LogP contribution >= 0.6 is 11.6 Å². The number of rotatable bonds is 3. The first-order valence-corrected chi connectivity index (χ1v) is 8.56. The Labute approximate surface area is 149 Å². The highest BCUT2D eigenvalue weighted by Crippen LogP contribution is 2.27. The predicted molar refractivity (Wildman–Crippen MR) is 95.6 cm³/mol. The van der Waals surface area contributed by atoms with Crippen molar-refractivity contribution in [3.05, 3.63) is 47.2 Å².